The summed E-state index contributed by atoms with van der Waals surface area (Å²) in [7, 11) is 1.68. The normalized spacial score (nSPS) is 17.7. The van der Waals surface area contributed by atoms with Gasteiger partial charge in [0.15, 0.2) is 0 Å². The van der Waals surface area contributed by atoms with Gasteiger partial charge in [0, 0.05) is 19.5 Å². The molecule has 1 saturated heterocycles. The highest BCUT2D eigenvalue weighted by Crippen LogP contribution is 2.19. The number of likely N-dealkylation sites (tertiary alicyclic amines) is 1. The van der Waals surface area contributed by atoms with Gasteiger partial charge in [0.25, 0.3) is 0 Å². The van der Waals surface area contributed by atoms with Crippen LogP contribution >= 0.6 is 0 Å². The molecule has 1 fully saturated rings. The summed E-state index contributed by atoms with van der Waals surface area (Å²) < 4.78 is 13.1. The summed E-state index contributed by atoms with van der Waals surface area (Å²) in [5, 5.41) is 2.70. The fourth-order valence-corrected chi connectivity index (χ4v) is 2.45. The molecule has 0 aliphatic carbocycles. The molecule has 1 amide bonds. The third-order valence-electron chi connectivity index (χ3n) is 3.50. The smallest absolute Gasteiger partial charge is 0.222 e. The average Bonchev–Trinajstić information content (AvgIpc) is 2.39. The number of piperidine rings is 1. The molecule has 0 atom stereocenters. The Labute approximate surface area is 107 Å². The van der Waals surface area contributed by atoms with E-state index in [1.54, 1.807) is 19.2 Å². The van der Waals surface area contributed by atoms with E-state index in [1.807, 2.05) is 6.07 Å². The average molecular weight is 250 g/mol. The third kappa shape index (κ3) is 3.29. The lowest BCUT2D eigenvalue weighted by atomic mass is 9.95. The summed E-state index contributed by atoms with van der Waals surface area (Å²) in [6.45, 7) is 2.56. The molecule has 0 saturated carbocycles. The first-order valence-corrected chi connectivity index (χ1v) is 6.37. The number of hydrogen-bond acceptors (Lipinski definition) is 2. The highest BCUT2D eigenvalue weighted by molar-refractivity contribution is 5.78. The van der Waals surface area contributed by atoms with Crippen LogP contribution in [0.25, 0.3) is 0 Å². The Morgan fingerprint density at radius 1 is 1.44 bits per heavy atom. The highest BCUT2D eigenvalue weighted by atomic mass is 19.1. The van der Waals surface area contributed by atoms with Crippen LogP contribution in [0.15, 0.2) is 24.3 Å². The number of rotatable bonds is 3. The lowest BCUT2D eigenvalue weighted by Crippen LogP contribution is -2.39. The van der Waals surface area contributed by atoms with Crippen LogP contribution in [-0.2, 0) is 11.3 Å². The molecular weight excluding hydrogens is 231 g/mol. The van der Waals surface area contributed by atoms with Crippen LogP contribution in [0, 0.1) is 11.7 Å². The zero-order valence-corrected chi connectivity index (χ0v) is 10.7. The number of carbonyl (C=O) groups is 1. The van der Waals surface area contributed by atoms with Gasteiger partial charge >= 0.3 is 0 Å². The van der Waals surface area contributed by atoms with Crippen molar-refractivity contribution in [2.75, 3.05) is 20.1 Å². The highest BCUT2D eigenvalue weighted by Gasteiger charge is 2.23. The molecule has 0 unspecified atom stereocenters. The fourth-order valence-electron chi connectivity index (χ4n) is 2.45. The molecule has 1 aromatic carbocycles. The maximum absolute atomic E-state index is 13.1. The van der Waals surface area contributed by atoms with Gasteiger partial charge in [0.1, 0.15) is 5.82 Å². The molecule has 0 radical (unpaired) electrons. The Morgan fingerprint density at radius 3 is 2.78 bits per heavy atom. The largest absolute Gasteiger partial charge is 0.359 e. The van der Waals surface area contributed by atoms with Crippen molar-refractivity contribution in [2.45, 2.75) is 19.4 Å². The molecule has 0 spiro atoms. The summed E-state index contributed by atoms with van der Waals surface area (Å²) in [4.78, 5) is 13.8. The molecule has 1 aromatic rings. The fraction of sp³-hybridized carbons (Fsp3) is 0.500. The number of nitrogens with one attached hydrogen (secondary N) is 1. The molecule has 1 aliphatic heterocycles. The zero-order chi connectivity index (χ0) is 13.0. The Morgan fingerprint density at radius 2 is 2.17 bits per heavy atom. The lowest BCUT2D eigenvalue weighted by Gasteiger charge is -2.31. The molecule has 18 heavy (non-hydrogen) atoms. The molecular formula is C14H19FN2O. The van der Waals surface area contributed by atoms with Crippen molar-refractivity contribution in [1.82, 2.24) is 10.2 Å². The van der Waals surface area contributed by atoms with Crippen molar-refractivity contribution >= 4 is 5.91 Å². The van der Waals surface area contributed by atoms with Crippen LogP contribution in [-0.4, -0.2) is 30.9 Å². The second-order valence-corrected chi connectivity index (χ2v) is 4.79. The topological polar surface area (TPSA) is 32.3 Å². The summed E-state index contributed by atoms with van der Waals surface area (Å²) in [6.07, 6.45) is 1.77. The number of amides is 1. The Balaban J connectivity index is 1.85. The monoisotopic (exact) mass is 250 g/mol. The van der Waals surface area contributed by atoms with Gasteiger partial charge in [-0.1, -0.05) is 12.1 Å². The van der Waals surface area contributed by atoms with Crippen LogP contribution in [0.5, 0.6) is 0 Å². The minimum atomic E-state index is -0.187. The molecule has 4 heteroatoms. The molecule has 1 aliphatic rings. The van der Waals surface area contributed by atoms with Crippen LogP contribution in [0.4, 0.5) is 4.39 Å². The summed E-state index contributed by atoms with van der Waals surface area (Å²) in [6, 6.07) is 6.71. The molecule has 1 N–H and O–H groups in total. The minimum absolute atomic E-state index is 0.138. The van der Waals surface area contributed by atoms with Crippen molar-refractivity contribution < 1.29 is 9.18 Å². The van der Waals surface area contributed by atoms with Crippen LogP contribution in [0.3, 0.4) is 0 Å². The van der Waals surface area contributed by atoms with Crippen molar-refractivity contribution in [3.63, 3.8) is 0 Å². The van der Waals surface area contributed by atoms with E-state index in [9.17, 15) is 9.18 Å². The van der Waals surface area contributed by atoms with Crippen molar-refractivity contribution in [3.8, 4) is 0 Å². The van der Waals surface area contributed by atoms with Gasteiger partial charge in [-0.05, 0) is 43.6 Å². The Bertz CT molecular complexity index is 414. The van der Waals surface area contributed by atoms with Crippen LogP contribution in [0.2, 0.25) is 0 Å². The second-order valence-electron chi connectivity index (χ2n) is 4.79. The van der Waals surface area contributed by atoms with Crippen molar-refractivity contribution in [2.24, 2.45) is 5.92 Å². The van der Waals surface area contributed by atoms with E-state index in [0.29, 0.717) is 0 Å². The van der Waals surface area contributed by atoms with Gasteiger partial charge in [0.05, 0.1) is 0 Å². The molecule has 2 rings (SSSR count). The lowest BCUT2D eigenvalue weighted by molar-refractivity contribution is -0.125. The number of hydrogen-bond donors (Lipinski definition) is 1. The first kappa shape index (κ1) is 13.0. The SMILES string of the molecule is CNC(=O)C1CCN(Cc2cccc(F)c2)CC1. The Kier molecular flexibility index (Phi) is 4.31. The van der Waals surface area contributed by atoms with Crippen molar-refractivity contribution in [3.05, 3.63) is 35.6 Å². The van der Waals surface area contributed by atoms with E-state index in [4.69, 9.17) is 0 Å². The van der Waals surface area contributed by atoms with Crippen LogP contribution < -0.4 is 5.32 Å². The first-order chi connectivity index (χ1) is 8.69. The predicted molar refractivity (Wildman–Crippen MR) is 68.5 cm³/mol. The van der Waals surface area contributed by atoms with Gasteiger partial charge < -0.3 is 5.32 Å². The Hall–Kier alpha value is -1.42. The standard InChI is InChI=1S/C14H19FN2O/c1-16-14(18)12-5-7-17(8-6-12)10-11-3-2-4-13(15)9-11/h2-4,9,12H,5-8,10H2,1H3,(H,16,18). The van der Waals surface area contributed by atoms with Crippen molar-refractivity contribution in [1.29, 1.82) is 0 Å². The first-order valence-electron chi connectivity index (χ1n) is 6.37. The quantitative estimate of drug-likeness (QED) is 0.887. The number of nitrogens with zero attached hydrogens (tertiary/aromatic N) is 1. The molecule has 98 valence electrons. The van der Waals surface area contributed by atoms with Gasteiger partial charge in [-0.25, -0.2) is 4.39 Å². The summed E-state index contributed by atoms with van der Waals surface area (Å²) in [5.41, 5.74) is 0.994. The van der Waals surface area contributed by atoms with Gasteiger partial charge in [-0.15, -0.1) is 0 Å². The zero-order valence-electron chi connectivity index (χ0n) is 10.7. The minimum Gasteiger partial charge on any atom is -0.359 e. The van der Waals surface area contributed by atoms with E-state index in [1.165, 1.54) is 6.07 Å². The molecule has 1 heterocycles. The van der Waals surface area contributed by atoms with E-state index in [0.717, 1.165) is 38.0 Å². The van der Waals surface area contributed by atoms with Crippen LogP contribution in [0.1, 0.15) is 18.4 Å². The van der Waals surface area contributed by atoms with Gasteiger partial charge in [-0.2, -0.15) is 0 Å². The second kappa shape index (κ2) is 5.96. The van der Waals surface area contributed by atoms with E-state index >= 15 is 0 Å². The summed E-state index contributed by atoms with van der Waals surface area (Å²) in [5.74, 6) is 0.0897. The third-order valence-corrected chi connectivity index (χ3v) is 3.50. The summed E-state index contributed by atoms with van der Waals surface area (Å²) >= 11 is 0. The van der Waals surface area contributed by atoms with Gasteiger partial charge in [-0.3, -0.25) is 9.69 Å². The number of carbonyl (C=O) groups excluding carboxylic acids is 1. The molecule has 0 bridgehead atoms. The molecule has 0 aromatic heterocycles. The maximum atomic E-state index is 13.1. The maximum Gasteiger partial charge on any atom is 0.222 e. The van der Waals surface area contributed by atoms with E-state index < -0.39 is 0 Å². The number of benzene rings is 1. The predicted octanol–water partition coefficient (Wildman–Crippen LogP) is 1.78. The van der Waals surface area contributed by atoms with Gasteiger partial charge in [0.2, 0.25) is 5.91 Å². The van der Waals surface area contributed by atoms with E-state index in [2.05, 4.69) is 10.2 Å². The number of halogens is 1. The molecule has 3 nitrogen and oxygen atoms in total. The van der Waals surface area contributed by atoms with E-state index in [-0.39, 0.29) is 17.6 Å².